The summed E-state index contributed by atoms with van der Waals surface area (Å²) in [5.74, 6) is 1.31. The van der Waals surface area contributed by atoms with Crippen LogP contribution < -0.4 is 16.0 Å². The van der Waals surface area contributed by atoms with Crippen molar-refractivity contribution in [3.63, 3.8) is 0 Å². The van der Waals surface area contributed by atoms with Crippen molar-refractivity contribution in [3.8, 4) is 17.3 Å². The summed E-state index contributed by atoms with van der Waals surface area (Å²) in [7, 11) is 1.80. The molecule has 0 spiro atoms. The maximum absolute atomic E-state index is 14.5. The third kappa shape index (κ3) is 4.35. The van der Waals surface area contributed by atoms with Gasteiger partial charge in [-0.05, 0) is 48.9 Å². The Morgan fingerprint density at radius 3 is 2.53 bits per heavy atom. The highest BCUT2D eigenvalue weighted by atomic mass is 19.1. The third-order valence-electron chi connectivity index (χ3n) is 5.76. The molecular formula is C27H21FN8. The summed E-state index contributed by atoms with van der Waals surface area (Å²) in [6.45, 7) is 2.00. The van der Waals surface area contributed by atoms with Gasteiger partial charge in [0.2, 0.25) is 0 Å². The first kappa shape index (κ1) is 22.7. The number of aryl methyl sites for hydroxylation is 1. The third-order valence-corrected chi connectivity index (χ3v) is 5.76. The second-order valence-electron chi connectivity index (χ2n) is 8.01. The SMILES string of the molecule is CNc1cc(-c2cccnc2Nc2c(C)ccc3c(Nc4ccc(C#N)cc4F)nccc23)ncn1. The second-order valence-corrected chi connectivity index (χ2v) is 8.01. The molecule has 0 radical (unpaired) electrons. The fourth-order valence-corrected chi connectivity index (χ4v) is 3.91. The molecular weight excluding hydrogens is 455 g/mol. The monoisotopic (exact) mass is 476 g/mol. The van der Waals surface area contributed by atoms with Crippen LogP contribution >= 0.6 is 0 Å². The van der Waals surface area contributed by atoms with E-state index in [9.17, 15) is 4.39 Å². The zero-order valence-electron chi connectivity index (χ0n) is 19.5. The minimum absolute atomic E-state index is 0.236. The van der Waals surface area contributed by atoms with Gasteiger partial charge in [0.25, 0.3) is 0 Å². The van der Waals surface area contributed by atoms with Crippen molar-refractivity contribution >= 4 is 39.6 Å². The number of aromatic nitrogens is 4. The highest BCUT2D eigenvalue weighted by Gasteiger charge is 2.15. The van der Waals surface area contributed by atoms with Crippen LogP contribution in [0.15, 0.2) is 73.3 Å². The fraction of sp³-hybridized carbons (Fsp3) is 0.0741. The number of pyridine rings is 2. The molecule has 0 aliphatic rings. The van der Waals surface area contributed by atoms with Gasteiger partial charge in [0, 0.05) is 41.8 Å². The lowest BCUT2D eigenvalue weighted by molar-refractivity contribution is 0.631. The Bertz CT molecular complexity index is 1630. The molecule has 0 aliphatic heterocycles. The van der Waals surface area contributed by atoms with Crippen LogP contribution in [0.1, 0.15) is 11.1 Å². The van der Waals surface area contributed by atoms with Gasteiger partial charge in [-0.2, -0.15) is 5.26 Å². The van der Waals surface area contributed by atoms with Gasteiger partial charge < -0.3 is 16.0 Å². The maximum atomic E-state index is 14.5. The van der Waals surface area contributed by atoms with Crippen molar-refractivity contribution in [2.45, 2.75) is 6.92 Å². The zero-order valence-corrected chi connectivity index (χ0v) is 19.5. The summed E-state index contributed by atoms with van der Waals surface area (Å²) in [6.07, 6.45) is 4.89. The van der Waals surface area contributed by atoms with Gasteiger partial charge in [-0.1, -0.05) is 12.1 Å². The molecule has 0 bridgehead atoms. The van der Waals surface area contributed by atoms with E-state index in [4.69, 9.17) is 5.26 Å². The number of anilines is 5. The number of rotatable bonds is 6. The maximum Gasteiger partial charge on any atom is 0.147 e. The molecule has 3 aromatic heterocycles. The number of hydrogen-bond donors (Lipinski definition) is 3. The van der Waals surface area contributed by atoms with Crippen LogP contribution in [-0.2, 0) is 0 Å². The Hall–Kier alpha value is -5.10. The van der Waals surface area contributed by atoms with E-state index in [0.717, 1.165) is 33.3 Å². The van der Waals surface area contributed by atoms with Crippen LogP contribution in [-0.4, -0.2) is 27.0 Å². The van der Waals surface area contributed by atoms with Crippen molar-refractivity contribution in [1.29, 1.82) is 5.26 Å². The minimum Gasteiger partial charge on any atom is -0.373 e. The van der Waals surface area contributed by atoms with Crippen molar-refractivity contribution in [2.75, 3.05) is 23.0 Å². The Kier molecular flexibility index (Phi) is 6.07. The molecule has 176 valence electrons. The van der Waals surface area contributed by atoms with Crippen LogP contribution in [0.2, 0.25) is 0 Å². The number of fused-ring (bicyclic) bond motifs is 1. The summed E-state index contributed by atoms with van der Waals surface area (Å²) in [6, 6.07) is 17.7. The van der Waals surface area contributed by atoms with Gasteiger partial charge in [-0.15, -0.1) is 0 Å². The molecule has 3 N–H and O–H groups in total. The van der Waals surface area contributed by atoms with E-state index in [2.05, 4.69) is 35.9 Å². The lowest BCUT2D eigenvalue weighted by atomic mass is 10.0. The highest BCUT2D eigenvalue weighted by molar-refractivity contribution is 6.03. The van der Waals surface area contributed by atoms with Crippen LogP contribution in [0.25, 0.3) is 22.0 Å². The van der Waals surface area contributed by atoms with E-state index in [1.165, 1.54) is 18.5 Å². The van der Waals surface area contributed by atoms with E-state index in [-0.39, 0.29) is 11.3 Å². The average molecular weight is 477 g/mol. The highest BCUT2D eigenvalue weighted by Crippen LogP contribution is 2.36. The van der Waals surface area contributed by atoms with Crippen LogP contribution in [0.4, 0.5) is 33.2 Å². The predicted molar refractivity (Wildman–Crippen MR) is 139 cm³/mol. The minimum atomic E-state index is -0.526. The quantitative estimate of drug-likeness (QED) is 0.276. The molecule has 3 heterocycles. The molecule has 2 aromatic carbocycles. The molecule has 0 unspecified atom stereocenters. The van der Waals surface area contributed by atoms with Gasteiger partial charge in [-0.25, -0.2) is 24.3 Å². The van der Waals surface area contributed by atoms with E-state index in [0.29, 0.717) is 17.5 Å². The zero-order chi connectivity index (χ0) is 25.1. The second kappa shape index (κ2) is 9.64. The van der Waals surface area contributed by atoms with Crippen LogP contribution in [0, 0.1) is 24.1 Å². The molecule has 0 atom stereocenters. The molecule has 36 heavy (non-hydrogen) atoms. The number of nitrogens with zero attached hydrogens (tertiary/aromatic N) is 5. The lowest BCUT2D eigenvalue weighted by Crippen LogP contribution is -2.02. The smallest absolute Gasteiger partial charge is 0.147 e. The summed E-state index contributed by atoms with van der Waals surface area (Å²) in [4.78, 5) is 17.6. The average Bonchev–Trinajstić information content (AvgIpc) is 2.91. The molecule has 9 heteroatoms. The Morgan fingerprint density at radius 1 is 0.861 bits per heavy atom. The number of nitrogens with one attached hydrogen (secondary N) is 3. The van der Waals surface area contributed by atoms with Crippen LogP contribution in [0.3, 0.4) is 0 Å². The molecule has 8 nitrogen and oxygen atoms in total. The van der Waals surface area contributed by atoms with E-state index < -0.39 is 5.82 Å². The summed E-state index contributed by atoms with van der Waals surface area (Å²) >= 11 is 0. The number of nitriles is 1. The Labute approximate surface area is 206 Å². The van der Waals surface area contributed by atoms with Crippen LogP contribution in [0.5, 0.6) is 0 Å². The fourth-order valence-electron chi connectivity index (χ4n) is 3.91. The van der Waals surface area contributed by atoms with E-state index in [1.54, 1.807) is 25.5 Å². The molecule has 5 rings (SSSR count). The number of hydrogen-bond acceptors (Lipinski definition) is 8. The molecule has 0 saturated carbocycles. The van der Waals surface area contributed by atoms with Gasteiger partial charge in [0.05, 0.1) is 28.7 Å². The summed E-state index contributed by atoms with van der Waals surface area (Å²) in [5.41, 5.74) is 3.88. The Balaban J connectivity index is 1.56. The first-order chi connectivity index (χ1) is 17.6. The first-order valence-electron chi connectivity index (χ1n) is 11.1. The molecule has 5 aromatic rings. The molecule has 0 amide bonds. The van der Waals surface area contributed by atoms with Crippen molar-refractivity contribution in [2.24, 2.45) is 0 Å². The standard InChI is InChI=1S/C27H21FN8/c1-16-5-7-19-18(9-11-32-26(19)35-22-8-6-17(14-29)12-21(22)28)25(16)36-27-20(4-3-10-31-27)23-13-24(30-2)34-15-33-23/h3-13,15H,1-2H3,(H,31,36)(H,32,35)(H,30,33,34). The Morgan fingerprint density at radius 2 is 1.72 bits per heavy atom. The van der Waals surface area contributed by atoms with Gasteiger partial charge in [0.1, 0.15) is 29.6 Å². The van der Waals surface area contributed by atoms with E-state index in [1.807, 2.05) is 49.4 Å². The normalized spacial score (nSPS) is 10.6. The van der Waals surface area contributed by atoms with Gasteiger partial charge in [0.15, 0.2) is 0 Å². The summed E-state index contributed by atoms with van der Waals surface area (Å²) in [5, 5.41) is 20.3. The summed E-state index contributed by atoms with van der Waals surface area (Å²) < 4.78 is 14.5. The molecule has 0 fully saturated rings. The molecule has 0 saturated heterocycles. The topological polar surface area (TPSA) is 111 Å². The predicted octanol–water partition coefficient (Wildman–Crippen LogP) is 5.93. The van der Waals surface area contributed by atoms with Crippen molar-refractivity contribution < 1.29 is 4.39 Å². The number of halogens is 1. The van der Waals surface area contributed by atoms with Gasteiger partial charge in [-0.3, -0.25) is 0 Å². The van der Waals surface area contributed by atoms with E-state index >= 15 is 0 Å². The lowest BCUT2D eigenvalue weighted by Gasteiger charge is -2.17. The van der Waals surface area contributed by atoms with Crippen molar-refractivity contribution in [1.82, 2.24) is 19.9 Å². The first-order valence-corrected chi connectivity index (χ1v) is 11.1. The molecule has 0 aliphatic carbocycles. The number of benzene rings is 2. The largest absolute Gasteiger partial charge is 0.373 e. The van der Waals surface area contributed by atoms with Gasteiger partial charge >= 0.3 is 0 Å². The van der Waals surface area contributed by atoms with Crippen molar-refractivity contribution in [3.05, 3.63) is 90.3 Å².